The first kappa shape index (κ1) is 37.1. The number of hydrogen-bond acceptors (Lipinski definition) is 7. The van der Waals surface area contributed by atoms with Crippen LogP contribution in [0.4, 0.5) is 51.2 Å². The lowest BCUT2D eigenvalue weighted by molar-refractivity contribution is 0.464. The van der Waals surface area contributed by atoms with Crippen LogP contribution < -0.4 is 61.7 Å². The van der Waals surface area contributed by atoms with Crippen molar-refractivity contribution in [3.8, 4) is 34.5 Å². The van der Waals surface area contributed by atoms with E-state index in [1.54, 1.807) is 0 Å². The topological polar surface area (TPSA) is 50.6 Å². The van der Waals surface area contributed by atoms with E-state index in [1.165, 1.54) is 0 Å². The van der Waals surface area contributed by atoms with E-state index in [0.29, 0.717) is 0 Å². The first-order valence-corrected chi connectivity index (χ1v) is 23.5. The minimum absolute atomic E-state index is 0.150. The molecule has 0 N–H and O–H groups in total. The Morgan fingerprint density at radius 1 is 0.319 bits per heavy atom. The van der Waals surface area contributed by atoms with Crippen molar-refractivity contribution in [3.63, 3.8) is 0 Å². The molecule has 0 spiro atoms. The normalized spacial score (nSPS) is 13.5. The molecule has 16 rings (SSSR count). The molecule has 7 nitrogen and oxygen atoms in total. The highest BCUT2D eigenvalue weighted by Crippen LogP contribution is 2.56. The lowest BCUT2D eigenvalue weighted by Gasteiger charge is -2.49. The summed E-state index contributed by atoms with van der Waals surface area (Å²) in [5, 5.41) is 2.07. The molecule has 0 fully saturated rings. The molecule has 0 atom stereocenters. The molecule has 11 aromatic rings. The maximum absolute atomic E-state index is 7.34. The van der Waals surface area contributed by atoms with Gasteiger partial charge in [0.1, 0.15) is 34.2 Å². The lowest BCUT2D eigenvalue weighted by Crippen LogP contribution is -2.67. The summed E-state index contributed by atoms with van der Waals surface area (Å²) in [5.41, 5.74) is 17.6. The van der Waals surface area contributed by atoms with Crippen molar-refractivity contribution in [3.05, 3.63) is 212 Å². The van der Waals surface area contributed by atoms with Crippen molar-refractivity contribution < 1.29 is 18.6 Å². The van der Waals surface area contributed by atoms with Crippen molar-refractivity contribution in [1.82, 2.24) is 0 Å². The maximum atomic E-state index is 7.34. The van der Waals surface area contributed by atoms with Gasteiger partial charge in [0.25, 0.3) is 13.4 Å². The Morgan fingerprint density at radius 3 is 1.43 bits per heavy atom. The molecule has 5 aliphatic rings. The van der Waals surface area contributed by atoms with Gasteiger partial charge in [0.15, 0.2) is 11.5 Å². The number of anilines is 9. The van der Waals surface area contributed by atoms with Gasteiger partial charge in [-0.05, 0) is 106 Å². The second kappa shape index (κ2) is 13.7. The van der Waals surface area contributed by atoms with Crippen LogP contribution in [-0.2, 0) is 0 Å². The van der Waals surface area contributed by atoms with Crippen molar-refractivity contribution in [2.75, 3.05) is 14.7 Å². The van der Waals surface area contributed by atoms with Gasteiger partial charge in [-0.2, -0.15) is 0 Å². The third kappa shape index (κ3) is 5.08. The van der Waals surface area contributed by atoms with Crippen LogP contribution in [0, 0.1) is 0 Å². The predicted molar refractivity (Wildman–Crippen MR) is 280 cm³/mol. The molecule has 0 amide bonds. The van der Waals surface area contributed by atoms with Crippen LogP contribution in [0.15, 0.2) is 217 Å². The minimum atomic E-state index is -0.264. The molecule has 9 heteroatoms. The summed E-state index contributed by atoms with van der Waals surface area (Å²) in [7, 11) is 0. The fourth-order valence-corrected chi connectivity index (χ4v) is 11.9. The second-order valence-electron chi connectivity index (χ2n) is 18.3. The maximum Gasteiger partial charge on any atom is 0.261 e. The molecule has 0 unspecified atom stereocenters. The quantitative estimate of drug-likeness (QED) is 0.154. The zero-order chi connectivity index (χ0) is 44.9. The van der Waals surface area contributed by atoms with E-state index in [2.05, 4.69) is 221 Å². The zero-order valence-corrected chi connectivity index (χ0v) is 36.8. The van der Waals surface area contributed by atoms with Crippen LogP contribution in [0.3, 0.4) is 0 Å². The molecule has 0 radical (unpaired) electrons. The van der Waals surface area contributed by atoms with Crippen molar-refractivity contribution in [2.45, 2.75) is 0 Å². The molecule has 69 heavy (non-hydrogen) atoms. The van der Waals surface area contributed by atoms with Gasteiger partial charge in [0, 0.05) is 74.2 Å². The van der Waals surface area contributed by atoms with Crippen molar-refractivity contribution in [1.29, 1.82) is 0 Å². The zero-order valence-electron chi connectivity index (χ0n) is 36.8. The Balaban J connectivity index is 0.956. The third-order valence-electron chi connectivity index (χ3n) is 14.7. The highest BCUT2D eigenvalue weighted by Gasteiger charge is 2.54. The standard InChI is InChI=1S/C60H35B2N3O4/c1-5-16-36(17-6-1)63(37-18-7-2-8-19-37)40-28-30-44-49(32-40)67-51-35-52-55-59-54(51)61(44)46-25-15-27-48-57(46)65(59)58-53(66-48)34-43-42-24-13-14-26-47(42)69-60(43)56(58)62(55)45-31-29-41(33-50(45)68-52)64(38-20-9-3-10-21-38)39-22-11-4-12-23-39/h1-35H. The van der Waals surface area contributed by atoms with Gasteiger partial charge < -0.3 is 33.3 Å². The summed E-state index contributed by atoms with van der Waals surface area (Å²) in [6, 6.07) is 74.5. The highest BCUT2D eigenvalue weighted by molar-refractivity contribution is 7.04. The summed E-state index contributed by atoms with van der Waals surface area (Å²) < 4.78 is 28.8. The Kier molecular flexibility index (Phi) is 7.39. The molecule has 5 aliphatic heterocycles. The van der Waals surface area contributed by atoms with Gasteiger partial charge in [-0.3, -0.25) is 0 Å². The first-order valence-electron chi connectivity index (χ1n) is 23.5. The van der Waals surface area contributed by atoms with E-state index in [1.807, 2.05) is 6.07 Å². The summed E-state index contributed by atoms with van der Waals surface area (Å²) in [6.07, 6.45) is 0. The van der Waals surface area contributed by atoms with Gasteiger partial charge in [0.2, 0.25) is 0 Å². The summed E-state index contributed by atoms with van der Waals surface area (Å²) >= 11 is 0. The molecule has 0 bridgehead atoms. The van der Waals surface area contributed by atoms with Crippen LogP contribution >= 0.6 is 0 Å². The fraction of sp³-hybridized carbons (Fsp3) is 0. The summed E-state index contributed by atoms with van der Waals surface area (Å²) in [4.78, 5) is 7.01. The largest absolute Gasteiger partial charge is 0.458 e. The second-order valence-corrected chi connectivity index (χ2v) is 18.3. The van der Waals surface area contributed by atoms with Gasteiger partial charge in [-0.15, -0.1) is 0 Å². The molecule has 320 valence electrons. The van der Waals surface area contributed by atoms with Crippen molar-refractivity contribution >= 4 is 119 Å². The number of hydrogen-bond donors (Lipinski definition) is 0. The Morgan fingerprint density at radius 2 is 0.841 bits per heavy atom. The van der Waals surface area contributed by atoms with E-state index >= 15 is 0 Å². The third-order valence-corrected chi connectivity index (χ3v) is 14.7. The lowest BCUT2D eigenvalue weighted by atomic mass is 9.29. The molecule has 10 aromatic carbocycles. The van der Waals surface area contributed by atoms with Gasteiger partial charge >= 0.3 is 0 Å². The van der Waals surface area contributed by atoms with Crippen LogP contribution in [0.5, 0.6) is 34.5 Å². The SMILES string of the molecule is c1ccc(N(c2ccccc2)c2ccc3c(c2)Oc2cc4c5c6c2B3c2cccc3c2N6c2c(cc6c(oc7ccccc76)c2B5c2ccc(N(c5ccccc5)c5ccccc5)cc2O4)O3)cc1. The number of rotatable bonds is 6. The number of fused-ring (bicyclic) bond motifs is 10. The van der Waals surface area contributed by atoms with Crippen LogP contribution in [-0.4, -0.2) is 13.4 Å². The van der Waals surface area contributed by atoms with Gasteiger partial charge in [-0.1, -0.05) is 115 Å². The van der Waals surface area contributed by atoms with E-state index in [4.69, 9.17) is 18.6 Å². The Labute approximate surface area is 397 Å². The van der Waals surface area contributed by atoms with Crippen LogP contribution in [0.25, 0.3) is 21.9 Å². The van der Waals surface area contributed by atoms with E-state index in [-0.39, 0.29) is 13.4 Å². The molecule has 6 heterocycles. The number of para-hydroxylation sites is 6. The average molecular weight is 884 g/mol. The monoisotopic (exact) mass is 883 g/mol. The smallest absolute Gasteiger partial charge is 0.261 e. The molecular weight excluding hydrogens is 848 g/mol. The van der Waals surface area contributed by atoms with Gasteiger partial charge in [-0.25, -0.2) is 0 Å². The average Bonchev–Trinajstić information content (AvgIpc) is 3.78. The Bertz CT molecular complexity index is 3900. The molecule has 0 aliphatic carbocycles. The minimum Gasteiger partial charge on any atom is -0.458 e. The summed E-state index contributed by atoms with van der Waals surface area (Å²) in [6.45, 7) is -0.415. The van der Waals surface area contributed by atoms with Crippen LogP contribution in [0.1, 0.15) is 0 Å². The number of benzene rings is 10. The van der Waals surface area contributed by atoms with Crippen LogP contribution in [0.2, 0.25) is 0 Å². The highest BCUT2D eigenvalue weighted by atomic mass is 16.5. The number of nitrogens with zero attached hydrogens (tertiary/aromatic N) is 3. The predicted octanol–water partition coefficient (Wildman–Crippen LogP) is 12.0. The number of ether oxygens (including phenoxy) is 3. The Hall–Kier alpha value is -9.07. The van der Waals surface area contributed by atoms with E-state index < -0.39 is 0 Å². The van der Waals surface area contributed by atoms with Crippen molar-refractivity contribution in [2.24, 2.45) is 0 Å². The molecule has 1 aromatic heterocycles. The summed E-state index contributed by atoms with van der Waals surface area (Å²) in [5.74, 6) is 4.71. The van der Waals surface area contributed by atoms with E-state index in [9.17, 15) is 0 Å². The fourth-order valence-electron chi connectivity index (χ4n) is 11.9. The first-order chi connectivity index (χ1) is 34.2. The van der Waals surface area contributed by atoms with E-state index in [0.717, 1.165) is 140 Å². The molecule has 0 saturated carbocycles. The molecule has 0 saturated heterocycles. The van der Waals surface area contributed by atoms with Gasteiger partial charge in [0.05, 0.1) is 11.4 Å². The molecular formula is C60H35B2N3O4. The number of furan rings is 1.